The zero-order valence-electron chi connectivity index (χ0n) is 12.3. The van der Waals surface area contributed by atoms with E-state index >= 15 is 0 Å². The van der Waals surface area contributed by atoms with Gasteiger partial charge in [0.25, 0.3) is 5.91 Å². The second-order valence-electron chi connectivity index (χ2n) is 5.06. The first-order valence-corrected chi connectivity index (χ1v) is 6.68. The van der Waals surface area contributed by atoms with Gasteiger partial charge in [-0.25, -0.2) is 0 Å². The molecule has 5 heteroatoms. The van der Waals surface area contributed by atoms with Crippen LogP contribution >= 0.6 is 0 Å². The zero-order valence-corrected chi connectivity index (χ0v) is 12.3. The van der Waals surface area contributed by atoms with Crippen molar-refractivity contribution in [3.63, 3.8) is 0 Å². The predicted octanol–water partition coefficient (Wildman–Crippen LogP) is 1.68. The molecule has 0 spiro atoms. The highest BCUT2D eigenvalue weighted by atomic mass is 16.4. The van der Waals surface area contributed by atoms with Crippen LogP contribution < -0.4 is 0 Å². The van der Waals surface area contributed by atoms with Gasteiger partial charge in [-0.05, 0) is 38.2 Å². The largest absolute Gasteiger partial charge is 0.480 e. The molecule has 0 saturated carbocycles. The van der Waals surface area contributed by atoms with Crippen molar-refractivity contribution in [1.29, 1.82) is 0 Å². The molecule has 0 aromatic heterocycles. The molecule has 20 heavy (non-hydrogen) atoms. The quantitative estimate of drug-likeness (QED) is 0.824. The van der Waals surface area contributed by atoms with Gasteiger partial charge in [-0.15, -0.1) is 0 Å². The lowest BCUT2D eigenvalue weighted by Gasteiger charge is -2.20. The summed E-state index contributed by atoms with van der Waals surface area (Å²) in [6, 6.07) is 7.34. The molecule has 110 valence electrons. The second kappa shape index (κ2) is 7.65. The van der Waals surface area contributed by atoms with Crippen molar-refractivity contribution in [3.05, 3.63) is 35.4 Å². The number of hydrogen-bond donors (Lipinski definition) is 1. The van der Waals surface area contributed by atoms with E-state index in [0.717, 1.165) is 18.5 Å². The molecular weight excluding hydrogens is 256 g/mol. The zero-order chi connectivity index (χ0) is 15.1. The molecule has 1 aromatic rings. The van der Waals surface area contributed by atoms with Gasteiger partial charge in [0.1, 0.15) is 6.54 Å². The number of rotatable bonds is 7. The number of aliphatic carboxylic acids is 1. The molecule has 0 radical (unpaired) electrons. The molecule has 1 N–H and O–H groups in total. The van der Waals surface area contributed by atoms with E-state index in [-0.39, 0.29) is 12.5 Å². The SMILES string of the molecule is CCCN(CC(=O)O)C(=O)c1cccc(CN(C)C)c1. The molecule has 0 unspecified atom stereocenters. The Bertz CT molecular complexity index is 472. The molecule has 1 amide bonds. The fraction of sp³-hybridized carbons (Fsp3) is 0.467. The highest BCUT2D eigenvalue weighted by molar-refractivity contribution is 5.96. The lowest BCUT2D eigenvalue weighted by atomic mass is 10.1. The number of carbonyl (C=O) groups excluding carboxylic acids is 1. The Balaban J connectivity index is 2.90. The third kappa shape index (κ3) is 5.01. The first-order chi connectivity index (χ1) is 9.43. The third-order valence-corrected chi connectivity index (χ3v) is 2.78. The average Bonchev–Trinajstić information content (AvgIpc) is 2.36. The highest BCUT2D eigenvalue weighted by Gasteiger charge is 2.17. The van der Waals surface area contributed by atoms with Crippen LogP contribution in [-0.2, 0) is 11.3 Å². The Hall–Kier alpha value is -1.88. The normalized spacial score (nSPS) is 10.6. The molecule has 1 rings (SSSR count). The maximum Gasteiger partial charge on any atom is 0.323 e. The van der Waals surface area contributed by atoms with Gasteiger partial charge in [0.05, 0.1) is 0 Å². The van der Waals surface area contributed by atoms with Crippen molar-refractivity contribution in [3.8, 4) is 0 Å². The summed E-state index contributed by atoms with van der Waals surface area (Å²) in [5.41, 5.74) is 1.58. The van der Waals surface area contributed by atoms with E-state index in [1.165, 1.54) is 4.90 Å². The van der Waals surface area contributed by atoms with Gasteiger partial charge in [-0.3, -0.25) is 9.59 Å². The van der Waals surface area contributed by atoms with Crippen molar-refractivity contribution in [2.75, 3.05) is 27.2 Å². The van der Waals surface area contributed by atoms with Crippen LogP contribution in [0.3, 0.4) is 0 Å². The molecule has 0 atom stereocenters. The van der Waals surface area contributed by atoms with Gasteiger partial charge in [-0.1, -0.05) is 19.1 Å². The van der Waals surface area contributed by atoms with Crippen molar-refractivity contribution >= 4 is 11.9 Å². The molecule has 0 bridgehead atoms. The minimum atomic E-state index is -0.990. The van der Waals surface area contributed by atoms with Crippen LogP contribution in [-0.4, -0.2) is 54.0 Å². The molecule has 0 aliphatic heterocycles. The van der Waals surface area contributed by atoms with Crippen molar-refractivity contribution in [2.45, 2.75) is 19.9 Å². The van der Waals surface area contributed by atoms with Crippen molar-refractivity contribution in [2.24, 2.45) is 0 Å². The van der Waals surface area contributed by atoms with Gasteiger partial charge in [0.2, 0.25) is 0 Å². The molecule has 0 aliphatic rings. The maximum atomic E-state index is 12.4. The summed E-state index contributed by atoms with van der Waals surface area (Å²) in [6.45, 7) is 2.85. The van der Waals surface area contributed by atoms with E-state index < -0.39 is 5.97 Å². The lowest BCUT2D eigenvalue weighted by molar-refractivity contribution is -0.137. The first kappa shape index (κ1) is 16.2. The molecule has 0 fully saturated rings. The molecule has 0 aliphatic carbocycles. The summed E-state index contributed by atoms with van der Waals surface area (Å²) in [5, 5.41) is 8.88. The number of amides is 1. The summed E-state index contributed by atoms with van der Waals surface area (Å²) in [7, 11) is 3.92. The van der Waals surface area contributed by atoms with Crippen LogP contribution in [0.5, 0.6) is 0 Å². The number of benzene rings is 1. The standard InChI is InChI=1S/C15H22N2O3/c1-4-8-17(11-14(18)19)15(20)13-7-5-6-12(9-13)10-16(2)3/h5-7,9H,4,8,10-11H2,1-3H3,(H,18,19). The Kier molecular flexibility index (Phi) is 6.18. The van der Waals surface area contributed by atoms with Gasteiger partial charge < -0.3 is 14.9 Å². The van der Waals surface area contributed by atoms with E-state index in [0.29, 0.717) is 12.1 Å². The molecule has 5 nitrogen and oxygen atoms in total. The fourth-order valence-corrected chi connectivity index (χ4v) is 2.04. The lowest BCUT2D eigenvalue weighted by Crippen LogP contribution is -2.36. The molecule has 1 aromatic carbocycles. The fourth-order valence-electron chi connectivity index (χ4n) is 2.04. The van der Waals surface area contributed by atoms with Gasteiger partial charge >= 0.3 is 5.97 Å². The van der Waals surface area contributed by atoms with Crippen LogP contribution in [0.2, 0.25) is 0 Å². The molecular formula is C15H22N2O3. The summed E-state index contributed by atoms with van der Waals surface area (Å²) < 4.78 is 0. The minimum Gasteiger partial charge on any atom is -0.480 e. The van der Waals surface area contributed by atoms with Crippen LogP contribution in [0.15, 0.2) is 24.3 Å². The predicted molar refractivity (Wildman–Crippen MR) is 77.7 cm³/mol. The van der Waals surface area contributed by atoms with Gasteiger partial charge in [0, 0.05) is 18.7 Å². The van der Waals surface area contributed by atoms with Crippen molar-refractivity contribution in [1.82, 2.24) is 9.80 Å². The van der Waals surface area contributed by atoms with Crippen LogP contribution in [0.25, 0.3) is 0 Å². The summed E-state index contributed by atoms with van der Waals surface area (Å²) in [4.78, 5) is 26.6. The van der Waals surface area contributed by atoms with E-state index in [9.17, 15) is 9.59 Å². The Morgan fingerprint density at radius 3 is 2.50 bits per heavy atom. The first-order valence-electron chi connectivity index (χ1n) is 6.68. The minimum absolute atomic E-state index is 0.227. The summed E-state index contributed by atoms with van der Waals surface area (Å²) in [6.07, 6.45) is 0.733. The van der Waals surface area contributed by atoms with E-state index in [1.807, 2.05) is 44.1 Å². The maximum absolute atomic E-state index is 12.4. The Labute approximate surface area is 119 Å². The Morgan fingerprint density at radius 2 is 1.95 bits per heavy atom. The number of carboxylic acid groups (broad SMARTS) is 1. The monoisotopic (exact) mass is 278 g/mol. The van der Waals surface area contributed by atoms with Crippen LogP contribution in [0, 0.1) is 0 Å². The van der Waals surface area contributed by atoms with E-state index in [2.05, 4.69) is 0 Å². The number of carboxylic acids is 1. The summed E-state index contributed by atoms with van der Waals surface area (Å²) >= 11 is 0. The number of nitrogens with zero attached hydrogens (tertiary/aromatic N) is 2. The topological polar surface area (TPSA) is 60.9 Å². The Morgan fingerprint density at radius 1 is 1.25 bits per heavy atom. The third-order valence-electron chi connectivity index (χ3n) is 2.78. The average molecular weight is 278 g/mol. The molecule has 0 saturated heterocycles. The molecule has 0 heterocycles. The smallest absolute Gasteiger partial charge is 0.323 e. The number of hydrogen-bond acceptors (Lipinski definition) is 3. The van der Waals surface area contributed by atoms with E-state index in [1.54, 1.807) is 6.07 Å². The van der Waals surface area contributed by atoms with Crippen molar-refractivity contribution < 1.29 is 14.7 Å². The number of carbonyl (C=O) groups is 2. The summed E-state index contributed by atoms with van der Waals surface area (Å²) in [5.74, 6) is -1.22. The van der Waals surface area contributed by atoms with E-state index in [4.69, 9.17) is 5.11 Å². The van der Waals surface area contributed by atoms with Gasteiger partial charge in [0.15, 0.2) is 0 Å². The van der Waals surface area contributed by atoms with Crippen LogP contribution in [0.1, 0.15) is 29.3 Å². The highest BCUT2D eigenvalue weighted by Crippen LogP contribution is 2.10. The van der Waals surface area contributed by atoms with Gasteiger partial charge in [-0.2, -0.15) is 0 Å². The second-order valence-corrected chi connectivity index (χ2v) is 5.06. The van der Waals surface area contributed by atoms with Crippen LogP contribution in [0.4, 0.5) is 0 Å².